The maximum atomic E-state index is 12.1. The lowest BCUT2D eigenvalue weighted by Crippen LogP contribution is -2.41. The molecular weight excluding hydrogens is 280 g/mol. The fourth-order valence-electron chi connectivity index (χ4n) is 1.33. The number of carboxylic acid groups (broad SMARTS) is 1. The molecule has 0 fully saturated rings. The van der Waals surface area contributed by atoms with Crippen LogP contribution in [0.5, 0.6) is 0 Å². The van der Waals surface area contributed by atoms with Gasteiger partial charge < -0.3 is 5.11 Å². The second-order valence-electron chi connectivity index (χ2n) is 4.54. The second kappa shape index (κ2) is 4.55. The first kappa shape index (κ1) is 15.0. The van der Waals surface area contributed by atoms with Gasteiger partial charge in [0.05, 0.1) is 22.2 Å². The fourth-order valence-corrected chi connectivity index (χ4v) is 2.95. The molecular formula is C10H15ClN2O4S. The Bertz CT molecular complexity index is 589. The number of carbonyl (C=O) groups is 1. The van der Waals surface area contributed by atoms with Gasteiger partial charge in [0.15, 0.2) is 14.6 Å². The normalized spacial score (nSPS) is 12.7. The molecule has 1 aromatic heterocycles. The highest BCUT2D eigenvalue weighted by atomic mass is 35.5. The number of hydrogen-bond acceptors (Lipinski definition) is 4. The maximum absolute atomic E-state index is 12.1. The monoisotopic (exact) mass is 294 g/mol. The summed E-state index contributed by atoms with van der Waals surface area (Å²) in [5, 5.41) is 13.2. The van der Waals surface area contributed by atoms with E-state index in [1.165, 1.54) is 4.68 Å². The van der Waals surface area contributed by atoms with Crippen molar-refractivity contribution < 1.29 is 18.3 Å². The Balaban J connectivity index is 3.23. The van der Waals surface area contributed by atoms with E-state index >= 15 is 0 Å². The van der Waals surface area contributed by atoms with Crippen molar-refractivity contribution in [3.05, 3.63) is 16.4 Å². The van der Waals surface area contributed by atoms with E-state index in [0.29, 0.717) is 11.4 Å². The van der Waals surface area contributed by atoms with E-state index < -0.39 is 26.3 Å². The quantitative estimate of drug-likeness (QED) is 0.900. The molecule has 0 amide bonds. The van der Waals surface area contributed by atoms with Crippen LogP contribution in [0.3, 0.4) is 0 Å². The average Bonchev–Trinajstić information content (AvgIpc) is 2.44. The topological polar surface area (TPSA) is 89.3 Å². The van der Waals surface area contributed by atoms with Gasteiger partial charge in [-0.05, 0) is 20.8 Å². The van der Waals surface area contributed by atoms with Gasteiger partial charge >= 0.3 is 5.97 Å². The minimum absolute atomic E-state index is 0.252. The summed E-state index contributed by atoms with van der Waals surface area (Å²) in [6, 6.07) is 0. The number of hydrogen-bond donors (Lipinski definition) is 1. The van der Waals surface area contributed by atoms with Crippen LogP contribution in [0.4, 0.5) is 0 Å². The summed E-state index contributed by atoms with van der Waals surface area (Å²) < 4.78 is 23.7. The zero-order valence-electron chi connectivity index (χ0n) is 10.6. The van der Waals surface area contributed by atoms with Gasteiger partial charge in [0, 0.05) is 7.05 Å². The maximum Gasteiger partial charge on any atom is 0.324 e. The van der Waals surface area contributed by atoms with Crippen LogP contribution in [0, 0.1) is 6.92 Å². The van der Waals surface area contributed by atoms with Gasteiger partial charge in [0.25, 0.3) is 0 Å². The van der Waals surface area contributed by atoms with Crippen LogP contribution in [0.2, 0.25) is 5.02 Å². The van der Waals surface area contributed by atoms with Crippen molar-refractivity contribution in [2.45, 2.75) is 31.3 Å². The average molecular weight is 295 g/mol. The molecule has 0 saturated carbocycles. The van der Waals surface area contributed by atoms with E-state index in [0.717, 1.165) is 13.8 Å². The standard InChI is InChI=1S/C10H15ClN2O4S/c1-6-8(11)7(13(4)12-6)5-18(16,17)10(2,3)9(14)15/h5H2,1-4H3,(H,14,15). The molecule has 6 nitrogen and oxygen atoms in total. The summed E-state index contributed by atoms with van der Waals surface area (Å²) in [6.07, 6.45) is 0. The molecule has 1 aromatic rings. The van der Waals surface area contributed by atoms with E-state index in [4.69, 9.17) is 16.7 Å². The predicted octanol–water partition coefficient (Wildman–Crippen LogP) is 1.16. The molecule has 18 heavy (non-hydrogen) atoms. The third-order valence-corrected chi connectivity index (χ3v) is 5.76. The summed E-state index contributed by atoms with van der Waals surface area (Å²) in [4.78, 5) is 11.0. The molecule has 1 heterocycles. The number of aryl methyl sites for hydroxylation is 2. The highest BCUT2D eigenvalue weighted by Gasteiger charge is 2.42. The third-order valence-electron chi connectivity index (χ3n) is 2.88. The van der Waals surface area contributed by atoms with Gasteiger partial charge in [-0.3, -0.25) is 9.48 Å². The Hall–Kier alpha value is -1.08. The number of carboxylic acids is 1. The van der Waals surface area contributed by atoms with Gasteiger partial charge in [-0.2, -0.15) is 5.10 Å². The minimum Gasteiger partial charge on any atom is -0.480 e. The summed E-state index contributed by atoms with van der Waals surface area (Å²) >= 11 is 5.95. The molecule has 8 heteroatoms. The predicted molar refractivity (Wildman–Crippen MR) is 67.3 cm³/mol. The van der Waals surface area contributed by atoms with Gasteiger partial charge in [-0.1, -0.05) is 11.6 Å². The van der Waals surface area contributed by atoms with Gasteiger partial charge in [-0.15, -0.1) is 0 Å². The summed E-state index contributed by atoms with van der Waals surface area (Å²) in [6.45, 7) is 3.96. The molecule has 0 bridgehead atoms. The van der Waals surface area contributed by atoms with Crippen molar-refractivity contribution in [1.82, 2.24) is 9.78 Å². The first-order chi connectivity index (χ1) is 8.00. The number of aromatic nitrogens is 2. The molecule has 0 aliphatic carbocycles. The molecule has 1 rings (SSSR count). The molecule has 0 radical (unpaired) electrons. The van der Waals surface area contributed by atoms with Crippen molar-refractivity contribution in [3.63, 3.8) is 0 Å². The van der Waals surface area contributed by atoms with Gasteiger partial charge in [0.1, 0.15) is 0 Å². The Morgan fingerprint density at radius 2 is 2.00 bits per heavy atom. The van der Waals surface area contributed by atoms with Crippen molar-refractivity contribution in [2.75, 3.05) is 0 Å². The minimum atomic E-state index is -3.89. The number of halogens is 1. The Morgan fingerprint density at radius 1 is 1.50 bits per heavy atom. The lowest BCUT2D eigenvalue weighted by molar-refractivity contribution is -0.139. The van der Waals surface area contributed by atoms with E-state index in [1.54, 1.807) is 14.0 Å². The smallest absolute Gasteiger partial charge is 0.324 e. The van der Waals surface area contributed by atoms with Crippen LogP contribution in [0.15, 0.2) is 0 Å². The lowest BCUT2D eigenvalue weighted by Gasteiger charge is -2.19. The summed E-state index contributed by atoms with van der Waals surface area (Å²) in [5.41, 5.74) is 0.806. The van der Waals surface area contributed by atoms with Crippen LogP contribution in [-0.2, 0) is 27.4 Å². The van der Waals surface area contributed by atoms with Gasteiger partial charge in [-0.25, -0.2) is 8.42 Å². The SMILES string of the molecule is Cc1nn(C)c(CS(=O)(=O)C(C)(C)C(=O)O)c1Cl. The summed E-state index contributed by atoms with van der Waals surface area (Å²) in [7, 11) is -2.32. The zero-order chi connectivity index (χ0) is 14.3. The zero-order valence-corrected chi connectivity index (χ0v) is 12.1. The van der Waals surface area contributed by atoms with Gasteiger partial charge in [0.2, 0.25) is 0 Å². The van der Waals surface area contributed by atoms with E-state index in [9.17, 15) is 13.2 Å². The van der Waals surface area contributed by atoms with Crippen LogP contribution in [0.25, 0.3) is 0 Å². The highest BCUT2D eigenvalue weighted by molar-refractivity contribution is 7.92. The van der Waals surface area contributed by atoms with Crippen LogP contribution in [-0.4, -0.2) is 34.0 Å². The molecule has 0 unspecified atom stereocenters. The highest BCUT2D eigenvalue weighted by Crippen LogP contribution is 2.26. The molecule has 0 aliphatic rings. The number of aliphatic carboxylic acids is 1. The lowest BCUT2D eigenvalue weighted by atomic mass is 10.2. The second-order valence-corrected chi connectivity index (χ2v) is 7.46. The first-order valence-corrected chi connectivity index (χ1v) is 7.17. The Labute approximate surface area is 110 Å². The molecule has 0 aliphatic heterocycles. The van der Waals surface area contributed by atoms with E-state index in [1.807, 2.05) is 0 Å². The molecule has 0 aromatic carbocycles. The molecule has 1 N–H and O–H groups in total. The number of sulfone groups is 1. The van der Waals surface area contributed by atoms with Crippen molar-refractivity contribution in [2.24, 2.45) is 7.05 Å². The van der Waals surface area contributed by atoms with Crippen LogP contribution < -0.4 is 0 Å². The molecule has 0 saturated heterocycles. The number of rotatable bonds is 4. The van der Waals surface area contributed by atoms with E-state index in [-0.39, 0.29) is 5.02 Å². The third kappa shape index (κ3) is 2.37. The Morgan fingerprint density at radius 3 is 2.33 bits per heavy atom. The van der Waals surface area contributed by atoms with Crippen molar-refractivity contribution in [1.29, 1.82) is 0 Å². The first-order valence-electron chi connectivity index (χ1n) is 5.14. The van der Waals surface area contributed by atoms with Crippen molar-refractivity contribution >= 4 is 27.4 Å². The number of nitrogens with zero attached hydrogens (tertiary/aromatic N) is 2. The molecule has 0 atom stereocenters. The van der Waals surface area contributed by atoms with Crippen LogP contribution in [0.1, 0.15) is 25.2 Å². The van der Waals surface area contributed by atoms with Crippen molar-refractivity contribution in [3.8, 4) is 0 Å². The largest absolute Gasteiger partial charge is 0.480 e. The molecule has 0 spiro atoms. The fraction of sp³-hybridized carbons (Fsp3) is 0.600. The van der Waals surface area contributed by atoms with Crippen LogP contribution >= 0.6 is 11.6 Å². The molecule has 102 valence electrons. The summed E-state index contributed by atoms with van der Waals surface area (Å²) in [5.74, 6) is -1.85. The van der Waals surface area contributed by atoms with E-state index in [2.05, 4.69) is 5.10 Å². The Kier molecular flexibility index (Phi) is 3.78.